The Bertz CT molecular complexity index is 328. The SMILES string of the molecule is CCC(C)(CN)CN(Cc1ccccc1)C(C)C. The van der Waals surface area contributed by atoms with E-state index in [9.17, 15) is 0 Å². The summed E-state index contributed by atoms with van der Waals surface area (Å²) in [4.78, 5) is 2.52. The molecule has 1 rings (SSSR count). The summed E-state index contributed by atoms with van der Waals surface area (Å²) < 4.78 is 0. The van der Waals surface area contributed by atoms with Gasteiger partial charge in [0.2, 0.25) is 0 Å². The van der Waals surface area contributed by atoms with Crippen LogP contribution in [0.1, 0.15) is 39.7 Å². The monoisotopic (exact) mass is 248 g/mol. The molecule has 2 N–H and O–H groups in total. The Hall–Kier alpha value is -0.860. The first-order valence-electron chi connectivity index (χ1n) is 6.99. The van der Waals surface area contributed by atoms with E-state index in [1.807, 2.05) is 0 Å². The molecule has 1 aromatic rings. The second kappa shape index (κ2) is 6.91. The highest BCUT2D eigenvalue weighted by atomic mass is 15.2. The van der Waals surface area contributed by atoms with Gasteiger partial charge in [0.25, 0.3) is 0 Å². The number of nitrogens with two attached hydrogens (primary N) is 1. The highest BCUT2D eigenvalue weighted by molar-refractivity contribution is 5.14. The smallest absolute Gasteiger partial charge is 0.0236 e. The van der Waals surface area contributed by atoms with E-state index >= 15 is 0 Å². The third-order valence-corrected chi connectivity index (χ3v) is 3.89. The van der Waals surface area contributed by atoms with Gasteiger partial charge in [-0.15, -0.1) is 0 Å². The average Bonchev–Trinajstić information content (AvgIpc) is 2.39. The van der Waals surface area contributed by atoms with Gasteiger partial charge in [0, 0.05) is 19.1 Å². The van der Waals surface area contributed by atoms with Gasteiger partial charge in [-0.1, -0.05) is 44.2 Å². The minimum atomic E-state index is 0.221. The van der Waals surface area contributed by atoms with Crippen molar-refractivity contribution in [3.05, 3.63) is 35.9 Å². The summed E-state index contributed by atoms with van der Waals surface area (Å²) in [5, 5.41) is 0. The van der Waals surface area contributed by atoms with Crippen molar-refractivity contribution in [2.75, 3.05) is 13.1 Å². The van der Waals surface area contributed by atoms with E-state index in [0.29, 0.717) is 6.04 Å². The van der Waals surface area contributed by atoms with E-state index in [4.69, 9.17) is 5.73 Å². The Morgan fingerprint density at radius 3 is 2.28 bits per heavy atom. The van der Waals surface area contributed by atoms with Gasteiger partial charge in [0.15, 0.2) is 0 Å². The number of benzene rings is 1. The van der Waals surface area contributed by atoms with E-state index in [-0.39, 0.29) is 5.41 Å². The van der Waals surface area contributed by atoms with Crippen molar-refractivity contribution in [3.8, 4) is 0 Å². The van der Waals surface area contributed by atoms with Crippen LogP contribution >= 0.6 is 0 Å². The molecule has 0 spiro atoms. The predicted octanol–water partition coefficient (Wildman–Crippen LogP) is 3.27. The fraction of sp³-hybridized carbons (Fsp3) is 0.625. The van der Waals surface area contributed by atoms with Gasteiger partial charge in [0.05, 0.1) is 0 Å². The summed E-state index contributed by atoms with van der Waals surface area (Å²) in [6, 6.07) is 11.2. The Morgan fingerprint density at radius 1 is 1.22 bits per heavy atom. The average molecular weight is 248 g/mol. The molecular formula is C16H28N2. The molecule has 1 atom stereocenters. The second-order valence-corrected chi connectivity index (χ2v) is 5.85. The van der Waals surface area contributed by atoms with Gasteiger partial charge in [-0.3, -0.25) is 4.90 Å². The zero-order valence-electron chi connectivity index (χ0n) is 12.3. The lowest BCUT2D eigenvalue weighted by atomic mass is 9.86. The summed E-state index contributed by atoms with van der Waals surface area (Å²) in [6.45, 7) is 11.9. The Morgan fingerprint density at radius 2 is 1.83 bits per heavy atom. The van der Waals surface area contributed by atoms with Crippen molar-refractivity contribution in [1.82, 2.24) is 4.90 Å². The predicted molar refractivity (Wildman–Crippen MR) is 79.4 cm³/mol. The highest BCUT2D eigenvalue weighted by Crippen LogP contribution is 2.23. The molecule has 0 fully saturated rings. The highest BCUT2D eigenvalue weighted by Gasteiger charge is 2.25. The molecule has 1 aromatic carbocycles. The second-order valence-electron chi connectivity index (χ2n) is 5.85. The van der Waals surface area contributed by atoms with Crippen LogP contribution in [0.2, 0.25) is 0 Å². The first kappa shape index (κ1) is 15.2. The quantitative estimate of drug-likeness (QED) is 0.802. The van der Waals surface area contributed by atoms with Crippen LogP contribution in [0, 0.1) is 5.41 Å². The van der Waals surface area contributed by atoms with Crippen LogP contribution in [0.3, 0.4) is 0 Å². The summed E-state index contributed by atoms with van der Waals surface area (Å²) in [6.07, 6.45) is 1.13. The van der Waals surface area contributed by atoms with Crippen molar-refractivity contribution < 1.29 is 0 Å². The van der Waals surface area contributed by atoms with Gasteiger partial charge in [-0.05, 0) is 37.8 Å². The van der Waals surface area contributed by atoms with Gasteiger partial charge < -0.3 is 5.73 Å². The molecule has 1 unspecified atom stereocenters. The maximum Gasteiger partial charge on any atom is 0.0236 e. The first-order chi connectivity index (χ1) is 8.50. The third kappa shape index (κ3) is 4.43. The van der Waals surface area contributed by atoms with E-state index < -0.39 is 0 Å². The topological polar surface area (TPSA) is 29.3 Å². The molecule has 2 heteroatoms. The molecule has 0 aliphatic carbocycles. The third-order valence-electron chi connectivity index (χ3n) is 3.89. The number of hydrogen-bond donors (Lipinski definition) is 1. The molecule has 0 bridgehead atoms. The molecule has 0 heterocycles. The fourth-order valence-electron chi connectivity index (χ4n) is 2.05. The molecule has 0 radical (unpaired) electrons. The molecular weight excluding hydrogens is 220 g/mol. The van der Waals surface area contributed by atoms with Crippen LogP contribution in [-0.2, 0) is 6.54 Å². The standard InChI is InChI=1S/C16H28N2/c1-5-16(4,12-17)13-18(14(2)3)11-15-9-7-6-8-10-15/h6-10,14H,5,11-13,17H2,1-4H3. The molecule has 18 heavy (non-hydrogen) atoms. The van der Waals surface area contributed by atoms with Crippen LogP contribution in [0.4, 0.5) is 0 Å². The summed E-state index contributed by atoms with van der Waals surface area (Å²) in [5.41, 5.74) is 7.53. The van der Waals surface area contributed by atoms with Gasteiger partial charge in [-0.2, -0.15) is 0 Å². The lowest BCUT2D eigenvalue weighted by molar-refractivity contribution is 0.127. The normalized spacial score (nSPS) is 15.1. The maximum absolute atomic E-state index is 5.93. The molecule has 102 valence electrons. The van der Waals surface area contributed by atoms with E-state index in [0.717, 1.165) is 26.1 Å². The number of rotatable bonds is 7. The summed E-state index contributed by atoms with van der Waals surface area (Å²) in [7, 11) is 0. The molecule has 0 saturated carbocycles. The molecule has 0 amide bonds. The van der Waals surface area contributed by atoms with Gasteiger partial charge >= 0.3 is 0 Å². The number of nitrogens with zero attached hydrogens (tertiary/aromatic N) is 1. The maximum atomic E-state index is 5.93. The minimum Gasteiger partial charge on any atom is -0.330 e. The zero-order valence-corrected chi connectivity index (χ0v) is 12.3. The lowest BCUT2D eigenvalue weighted by Crippen LogP contribution is -2.43. The van der Waals surface area contributed by atoms with Crippen LogP contribution in [-0.4, -0.2) is 24.0 Å². The van der Waals surface area contributed by atoms with Crippen molar-refractivity contribution in [2.24, 2.45) is 11.1 Å². The molecule has 0 aromatic heterocycles. The van der Waals surface area contributed by atoms with Crippen LogP contribution in [0.5, 0.6) is 0 Å². The van der Waals surface area contributed by atoms with Crippen LogP contribution in [0.25, 0.3) is 0 Å². The summed E-state index contributed by atoms with van der Waals surface area (Å²) in [5.74, 6) is 0. The van der Waals surface area contributed by atoms with Crippen molar-refractivity contribution >= 4 is 0 Å². The van der Waals surface area contributed by atoms with E-state index in [1.165, 1.54) is 5.56 Å². The molecule has 0 aliphatic rings. The Balaban J connectivity index is 2.72. The van der Waals surface area contributed by atoms with Gasteiger partial charge in [-0.25, -0.2) is 0 Å². The zero-order chi connectivity index (χ0) is 13.6. The van der Waals surface area contributed by atoms with Gasteiger partial charge in [0.1, 0.15) is 0 Å². The Kier molecular flexibility index (Phi) is 5.83. The van der Waals surface area contributed by atoms with E-state index in [1.54, 1.807) is 0 Å². The number of hydrogen-bond acceptors (Lipinski definition) is 2. The lowest BCUT2D eigenvalue weighted by Gasteiger charge is -2.36. The Labute approximate surface area is 112 Å². The van der Waals surface area contributed by atoms with Crippen LogP contribution < -0.4 is 5.73 Å². The van der Waals surface area contributed by atoms with E-state index in [2.05, 4.69) is 62.9 Å². The fourth-order valence-corrected chi connectivity index (χ4v) is 2.05. The first-order valence-corrected chi connectivity index (χ1v) is 6.99. The minimum absolute atomic E-state index is 0.221. The largest absolute Gasteiger partial charge is 0.330 e. The molecule has 0 saturated heterocycles. The van der Waals surface area contributed by atoms with Crippen molar-refractivity contribution in [2.45, 2.75) is 46.7 Å². The van der Waals surface area contributed by atoms with Crippen molar-refractivity contribution in [1.29, 1.82) is 0 Å². The molecule has 2 nitrogen and oxygen atoms in total. The molecule has 0 aliphatic heterocycles. The van der Waals surface area contributed by atoms with Crippen LogP contribution in [0.15, 0.2) is 30.3 Å². The van der Waals surface area contributed by atoms with Crippen molar-refractivity contribution in [3.63, 3.8) is 0 Å². The summed E-state index contributed by atoms with van der Waals surface area (Å²) >= 11 is 0.